The highest BCUT2D eigenvalue weighted by molar-refractivity contribution is 5.96. The van der Waals surface area contributed by atoms with Crippen molar-refractivity contribution in [1.29, 1.82) is 0 Å². The fraction of sp³-hybridized carbons (Fsp3) is 0.538. The molecule has 372 valence electrons. The average Bonchev–Trinajstić information content (AvgIpc) is 4.05. The van der Waals surface area contributed by atoms with Crippen molar-refractivity contribution in [2.24, 2.45) is 11.3 Å². The van der Waals surface area contributed by atoms with Crippen molar-refractivity contribution >= 4 is 40.5 Å². The first-order valence-electron chi connectivity index (χ1n) is 24.1. The van der Waals surface area contributed by atoms with Crippen LogP contribution in [0.3, 0.4) is 0 Å². The van der Waals surface area contributed by atoms with E-state index in [-0.39, 0.29) is 55.8 Å². The first kappa shape index (κ1) is 51.0. The summed E-state index contributed by atoms with van der Waals surface area (Å²) in [6.07, 6.45) is 2.92. The molecular weight excluding hydrogens is 881 g/mol. The van der Waals surface area contributed by atoms with Gasteiger partial charge in [0.1, 0.15) is 29.9 Å². The zero-order valence-corrected chi connectivity index (χ0v) is 41.8. The number of esters is 1. The Morgan fingerprint density at radius 2 is 1.83 bits per heavy atom. The molecule has 0 spiro atoms. The van der Waals surface area contributed by atoms with Gasteiger partial charge in [-0.05, 0) is 97.7 Å². The van der Waals surface area contributed by atoms with Crippen LogP contribution in [0.2, 0.25) is 0 Å². The molecule has 17 nitrogen and oxygen atoms in total. The molecule has 5 heterocycles. The van der Waals surface area contributed by atoms with Crippen LogP contribution in [0.5, 0.6) is 5.75 Å². The molecule has 2 saturated heterocycles. The number of nitrogens with one attached hydrogen (secondary N) is 2. The predicted molar refractivity (Wildman–Crippen MR) is 262 cm³/mol. The normalized spacial score (nSPS) is 21.3. The average molecular weight is 951 g/mol. The molecule has 3 aliphatic rings. The van der Waals surface area contributed by atoms with Gasteiger partial charge in [-0.25, -0.2) is 5.43 Å². The third kappa shape index (κ3) is 11.3. The van der Waals surface area contributed by atoms with Gasteiger partial charge >= 0.3 is 5.97 Å². The predicted octanol–water partition coefficient (Wildman–Crippen LogP) is 4.72. The second-order valence-electron chi connectivity index (χ2n) is 19.9. The molecule has 3 unspecified atom stereocenters. The maximum absolute atomic E-state index is 14.7. The SMILES string of the molecule is CCn1c(-c2cccnc2[C@H](C)OC)c2c3cc(ccc31)-c1cc(O)cc(c1)C[C@H](NC(=O)C(C(C)C)N(C)C(=O)CN(C)C(=O)C1CN1CCOC)C(=O)N1CCC[C@H](N1)C(=O)OCC(C)(C)C2. The summed E-state index contributed by atoms with van der Waals surface area (Å²) >= 11 is 0. The summed E-state index contributed by atoms with van der Waals surface area (Å²) in [5, 5.41) is 16.7. The quantitative estimate of drug-likeness (QED) is 0.117. The number of hydrazine groups is 1. The van der Waals surface area contributed by atoms with Crippen molar-refractivity contribution in [2.45, 2.75) is 104 Å². The van der Waals surface area contributed by atoms with E-state index >= 15 is 0 Å². The minimum atomic E-state index is -1.19. The third-order valence-electron chi connectivity index (χ3n) is 13.7. The van der Waals surface area contributed by atoms with E-state index in [1.54, 1.807) is 39.6 Å². The van der Waals surface area contributed by atoms with Crippen molar-refractivity contribution in [3.05, 3.63) is 71.5 Å². The molecule has 17 heteroatoms. The van der Waals surface area contributed by atoms with E-state index < -0.39 is 47.2 Å². The topological polar surface area (TPSA) is 188 Å². The number of nitrogens with zero attached hydrogens (tertiary/aromatic N) is 6. The molecule has 2 aromatic carbocycles. The van der Waals surface area contributed by atoms with Crippen molar-refractivity contribution in [3.63, 3.8) is 0 Å². The Bertz CT molecular complexity index is 2560. The van der Waals surface area contributed by atoms with Gasteiger partial charge in [0.25, 0.3) is 5.91 Å². The van der Waals surface area contributed by atoms with Crippen LogP contribution in [0.25, 0.3) is 33.3 Å². The van der Waals surface area contributed by atoms with E-state index in [0.717, 1.165) is 39.0 Å². The molecule has 0 radical (unpaired) electrons. The zero-order valence-electron chi connectivity index (χ0n) is 41.8. The van der Waals surface area contributed by atoms with Gasteiger partial charge in [0.15, 0.2) is 0 Å². The summed E-state index contributed by atoms with van der Waals surface area (Å²) in [6.45, 7) is 14.3. The lowest BCUT2D eigenvalue weighted by Crippen LogP contribution is -2.62. The van der Waals surface area contributed by atoms with Crippen LogP contribution >= 0.6 is 0 Å². The summed E-state index contributed by atoms with van der Waals surface area (Å²) in [6, 6.07) is 12.1. The summed E-state index contributed by atoms with van der Waals surface area (Å²) in [5.74, 6) is -2.58. The van der Waals surface area contributed by atoms with Crippen LogP contribution in [-0.4, -0.2) is 156 Å². The van der Waals surface area contributed by atoms with Crippen LogP contribution in [-0.2, 0) is 57.6 Å². The van der Waals surface area contributed by atoms with E-state index in [1.165, 1.54) is 21.9 Å². The Hall–Kier alpha value is -5.88. The van der Waals surface area contributed by atoms with E-state index in [4.69, 9.17) is 19.2 Å². The number of phenolic OH excluding ortho intramolecular Hbond substituents is 1. The summed E-state index contributed by atoms with van der Waals surface area (Å²) in [5.41, 5.74) is 9.47. The van der Waals surface area contributed by atoms with Crippen LogP contribution in [0, 0.1) is 11.3 Å². The summed E-state index contributed by atoms with van der Waals surface area (Å²) in [7, 11) is 6.37. The standard InChI is InChI=1S/C52H70N8O9/c1-11-59-42-17-16-34-26-38(42)39(47(59)37-14-12-18-53-45(37)32(4)68-10)27-52(5,6)30-69-51(66)40-15-13-19-60(55-40)49(64)41(24-33-22-35(34)25-36(61)23-33)54-48(63)46(31(2)3)57(8)44(62)29-56(7)50(65)43-28-58(43)20-21-67-9/h12,14,16-18,22-23,25-26,31-32,40-41,43,46,55,61H,11,13,15,19-21,24,27-30H2,1-10H3,(H,54,63)/t32-,40-,41-,43?,46?,58?/m0/s1. The van der Waals surface area contributed by atoms with Crippen LogP contribution in [0.15, 0.2) is 54.7 Å². The lowest BCUT2D eigenvalue weighted by molar-refractivity contribution is -0.155. The van der Waals surface area contributed by atoms with Crippen molar-refractivity contribution in [3.8, 4) is 28.1 Å². The molecular formula is C52H70N8O9. The number of fused-ring (bicyclic) bond motifs is 6. The number of pyridine rings is 1. The number of ether oxygens (including phenoxy) is 3. The van der Waals surface area contributed by atoms with Gasteiger partial charge < -0.3 is 39.0 Å². The number of cyclic esters (lactones) is 1. The van der Waals surface area contributed by atoms with E-state index in [0.29, 0.717) is 56.6 Å². The Kier molecular flexibility index (Phi) is 15.8. The van der Waals surface area contributed by atoms with Gasteiger partial charge in [0.05, 0.1) is 37.3 Å². The molecule has 3 N–H and O–H groups in total. The molecule has 4 aromatic rings. The first-order valence-corrected chi connectivity index (χ1v) is 24.1. The smallest absolute Gasteiger partial charge is 0.324 e. The minimum absolute atomic E-state index is 0.0211. The molecule has 7 rings (SSSR count). The molecule has 6 bridgehead atoms. The van der Waals surface area contributed by atoms with Gasteiger partial charge in [-0.3, -0.25) is 38.9 Å². The lowest BCUT2D eigenvalue weighted by atomic mass is 9.84. The number of aromatic nitrogens is 2. The highest BCUT2D eigenvalue weighted by Gasteiger charge is 2.43. The Balaban J connectivity index is 1.26. The molecule has 2 fully saturated rings. The molecule has 6 atom stereocenters. The Labute approximate surface area is 405 Å². The number of carbonyl (C=O) groups excluding carboxylic acids is 5. The number of carbonyl (C=O) groups is 5. The number of amides is 4. The monoisotopic (exact) mass is 951 g/mol. The van der Waals surface area contributed by atoms with E-state index in [9.17, 15) is 29.1 Å². The molecule has 69 heavy (non-hydrogen) atoms. The molecule has 3 aliphatic heterocycles. The maximum atomic E-state index is 14.7. The van der Waals surface area contributed by atoms with Gasteiger partial charge in [0, 0.05) is 89.0 Å². The number of methoxy groups -OCH3 is 2. The van der Waals surface area contributed by atoms with Crippen LogP contribution in [0.4, 0.5) is 0 Å². The maximum Gasteiger partial charge on any atom is 0.324 e. The van der Waals surface area contributed by atoms with Crippen molar-refractivity contribution < 1.29 is 43.3 Å². The van der Waals surface area contributed by atoms with Gasteiger partial charge in [-0.15, -0.1) is 0 Å². The van der Waals surface area contributed by atoms with E-state index in [1.807, 2.05) is 43.9 Å². The zero-order chi connectivity index (χ0) is 49.9. The fourth-order valence-electron chi connectivity index (χ4n) is 9.92. The number of benzene rings is 2. The Morgan fingerprint density at radius 1 is 1.06 bits per heavy atom. The largest absolute Gasteiger partial charge is 0.508 e. The number of rotatable bonds is 14. The summed E-state index contributed by atoms with van der Waals surface area (Å²) < 4.78 is 19.3. The van der Waals surface area contributed by atoms with Gasteiger partial charge in [-0.2, -0.15) is 0 Å². The van der Waals surface area contributed by atoms with Crippen molar-refractivity contribution in [1.82, 2.24) is 40.0 Å². The number of hydrogen-bond acceptors (Lipinski definition) is 12. The summed E-state index contributed by atoms with van der Waals surface area (Å²) in [4.78, 5) is 79.7. The number of aromatic hydroxyl groups is 1. The second-order valence-corrected chi connectivity index (χ2v) is 19.9. The fourth-order valence-corrected chi connectivity index (χ4v) is 9.92. The molecule has 0 saturated carbocycles. The molecule has 0 aliphatic carbocycles. The van der Waals surface area contributed by atoms with Crippen LogP contribution < -0.4 is 10.7 Å². The molecule has 2 aromatic heterocycles. The molecule has 4 amide bonds. The number of likely N-dealkylation sites (N-methyl/N-ethyl adjacent to an activating group) is 2. The van der Waals surface area contributed by atoms with Crippen LogP contribution in [0.1, 0.15) is 77.3 Å². The minimum Gasteiger partial charge on any atom is -0.508 e. The third-order valence-corrected chi connectivity index (χ3v) is 13.7. The lowest BCUT2D eigenvalue weighted by Gasteiger charge is -2.37. The highest BCUT2D eigenvalue weighted by atomic mass is 16.5. The number of hydrogen-bond donors (Lipinski definition) is 3. The second kappa shape index (κ2) is 21.4. The van der Waals surface area contributed by atoms with Gasteiger partial charge in [0.2, 0.25) is 17.7 Å². The number of phenols is 1. The van der Waals surface area contributed by atoms with Gasteiger partial charge in [-0.1, -0.05) is 39.8 Å². The first-order chi connectivity index (χ1) is 32.9. The number of aryl methyl sites for hydroxylation is 1. The Morgan fingerprint density at radius 3 is 2.54 bits per heavy atom. The van der Waals surface area contributed by atoms with Crippen molar-refractivity contribution in [2.75, 3.05) is 67.7 Å². The van der Waals surface area contributed by atoms with E-state index in [2.05, 4.69) is 54.3 Å². The highest BCUT2D eigenvalue weighted by Crippen LogP contribution is 2.42.